The number of halogens is 4. The molecule has 2 heterocycles. The van der Waals surface area contributed by atoms with Crippen LogP contribution in [0.2, 0.25) is 0 Å². The Morgan fingerprint density at radius 3 is 2.88 bits per heavy atom. The van der Waals surface area contributed by atoms with Crippen LogP contribution in [0.3, 0.4) is 0 Å². The molecule has 1 aromatic carbocycles. The minimum Gasteiger partial charge on any atom is -0.472 e. The average Bonchev–Trinajstić information content (AvgIpc) is 2.85. The number of aromatic nitrogens is 2. The highest BCUT2D eigenvalue weighted by Gasteiger charge is 2.12. The molecule has 2 aromatic rings. The molecule has 0 amide bonds. The zero-order valence-electron chi connectivity index (χ0n) is 13.5. The molecular weight excluding hydrogens is 434 g/mol. The number of nitrogens with one attached hydrogen (secondary N) is 1. The molecule has 0 spiro atoms. The predicted molar refractivity (Wildman–Crippen MR) is 105 cm³/mol. The van der Waals surface area contributed by atoms with Crippen LogP contribution in [0.4, 0.5) is 10.2 Å². The van der Waals surface area contributed by atoms with Gasteiger partial charge in [0.25, 0.3) is 0 Å². The number of benzene rings is 1. The van der Waals surface area contributed by atoms with Crippen LogP contribution in [0.1, 0.15) is 12.0 Å². The zero-order valence-corrected chi connectivity index (χ0v) is 16.7. The normalized spacial score (nSPS) is 14.1. The van der Waals surface area contributed by atoms with E-state index < -0.39 is 0 Å². The summed E-state index contributed by atoms with van der Waals surface area (Å²) in [6, 6.07) is 4.52. The van der Waals surface area contributed by atoms with Gasteiger partial charge in [0, 0.05) is 29.7 Å². The first-order valence-electron chi connectivity index (χ1n) is 7.57. The molecule has 5 nitrogen and oxygen atoms in total. The Labute approximate surface area is 167 Å². The van der Waals surface area contributed by atoms with Crippen molar-refractivity contribution in [1.82, 2.24) is 15.3 Å². The quantitative estimate of drug-likeness (QED) is 0.766. The van der Waals surface area contributed by atoms with E-state index in [2.05, 4.69) is 36.1 Å². The van der Waals surface area contributed by atoms with Crippen LogP contribution >= 0.6 is 40.7 Å². The van der Waals surface area contributed by atoms with Gasteiger partial charge in [-0.15, -0.1) is 24.8 Å². The number of hydrogen-bond donors (Lipinski definition) is 1. The van der Waals surface area contributed by atoms with Gasteiger partial charge >= 0.3 is 0 Å². The van der Waals surface area contributed by atoms with Gasteiger partial charge in [-0.25, -0.2) is 4.39 Å². The van der Waals surface area contributed by atoms with Crippen LogP contribution in [-0.4, -0.2) is 36.1 Å². The van der Waals surface area contributed by atoms with Crippen LogP contribution < -0.4 is 15.0 Å². The Morgan fingerprint density at radius 1 is 1.20 bits per heavy atom. The molecule has 1 saturated heterocycles. The molecule has 0 atom stereocenters. The van der Waals surface area contributed by atoms with Gasteiger partial charge in [0.05, 0.1) is 12.4 Å². The third kappa shape index (κ3) is 6.26. The summed E-state index contributed by atoms with van der Waals surface area (Å²) in [4.78, 5) is 10.9. The highest BCUT2D eigenvalue weighted by atomic mass is 79.9. The first-order chi connectivity index (χ1) is 11.2. The second-order valence-corrected chi connectivity index (χ2v) is 6.18. The summed E-state index contributed by atoms with van der Waals surface area (Å²) in [6.07, 6.45) is 4.39. The van der Waals surface area contributed by atoms with Gasteiger partial charge in [-0.2, -0.15) is 4.98 Å². The van der Waals surface area contributed by atoms with Crippen molar-refractivity contribution in [2.24, 2.45) is 0 Å². The van der Waals surface area contributed by atoms with Crippen LogP contribution in [0, 0.1) is 5.82 Å². The SMILES string of the molecule is Cl.Cl.Fc1ccc(Br)c(COc2cncc(N3CCCNCC3)n2)c1. The monoisotopic (exact) mass is 452 g/mol. The van der Waals surface area contributed by atoms with Crippen molar-refractivity contribution in [3.8, 4) is 5.88 Å². The maximum atomic E-state index is 13.3. The van der Waals surface area contributed by atoms with E-state index in [1.165, 1.54) is 12.1 Å². The first-order valence-corrected chi connectivity index (χ1v) is 8.36. The van der Waals surface area contributed by atoms with E-state index in [-0.39, 0.29) is 37.2 Å². The molecule has 0 unspecified atom stereocenters. The lowest BCUT2D eigenvalue weighted by atomic mass is 10.2. The number of nitrogens with zero attached hydrogens (tertiary/aromatic N) is 3. The van der Waals surface area contributed by atoms with Gasteiger partial charge in [0.15, 0.2) is 5.82 Å². The Morgan fingerprint density at radius 2 is 2.04 bits per heavy atom. The van der Waals surface area contributed by atoms with Gasteiger partial charge in [-0.3, -0.25) is 4.98 Å². The summed E-state index contributed by atoms with van der Waals surface area (Å²) in [6.45, 7) is 4.03. The topological polar surface area (TPSA) is 50.3 Å². The Balaban J connectivity index is 0.00000156. The summed E-state index contributed by atoms with van der Waals surface area (Å²) in [5.41, 5.74) is 0.733. The van der Waals surface area contributed by atoms with Gasteiger partial charge in [0.1, 0.15) is 12.4 Å². The molecule has 0 bridgehead atoms. The summed E-state index contributed by atoms with van der Waals surface area (Å²) < 4.78 is 19.8. The van der Waals surface area contributed by atoms with E-state index >= 15 is 0 Å². The maximum Gasteiger partial charge on any atom is 0.234 e. The van der Waals surface area contributed by atoms with Crippen LogP contribution in [0.25, 0.3) is 0 Å². The third-order valence-corrected chi connectivity index (χ3v) is 4.42. The largest absolute Gasteiger partial charge is 0.472 e. The Bertz CT molecular complexity index is 672. The zero-order chi connectivity index (χ0) is 16.1. The molecule has 1 fully saturated rings. The van der Waals surface area contributed by atoms with E-state index in [9.17, 15) is 4.39 Å². The van der Waals surface area contributed by atoms with Crippen LogP contribution in [0.15, 0.2) is 35.1 Å². The lowest BCUT2D eigenvalue weighted by Crippen LogP contribution is -2.28. The average molecular weight is 454 g/mol. The molecule has 1 aromatic heterocycles. The number of hydrogen-bond acceptors (Lipinski definition) is 5. The molecule has 1 N–H and O–H groups in total. The third-order valence-electron chi connectivity index (χ3n) is 3.65. The minimum absolute atomic E-state index is 0. The predicted octanol–water partition coefficient (Wildman–Crippen LogP) is 3.60. The van der Waals surface area contributed by atoms with E-state index in [0.29, 0.717) is 5.88 Å². The summed E-state index contributed by atoms with van der Waals surface area (Å²) in [5, 5.41) is 3.36. The number of anilines is 1. The molecule has 0 radical (unpaired) electrons. The van der Waals surface area contributed by atoms with Crippen LogP contribution in [-0.2, 0) is 6.61 Å². The van der Waals surface area contributed by atoms with Crippen molar-refractivity contribution in [2.75, 3.05) is 31.1 Å². The molecule has 1 aliphatic rings. The summed E-state index contributed by atoms with van der Waals surface area (Å²) in [5.74, 6) is 0.962. The molecule has 0 aliphatic carbocycles. The van der Waals surface area contributed by atoms with Gasteiger partial charge < -0.3 is 15.0 Å². The van der Waals surface area contributed by atoms with Crippen molar-refractivity contribution in [3.05, 3.63) is 46.4 Å². The summed E-state index contributed by atoms with van der Waals surface area (Å²) >= 11 is 3.39. The van der Waals surface area contributed by atoms with E-state index in [1.54, 1.807) is 18.5 Å². The minimum atomic E-state index is -0.288. The van der Waals surface area contributed by atoms with Crippen molar-refractivity contribution in [2.45, 2.75) is 13.0 Å². The smallest absolute Gasteiger partial charge is 0.234 e. The van der Waals surface area contributed by atoms with Crippen molar-refractivity contribution in [3.63, 3.8) is 0 Å². The highest BCUT2D eigenvalue weighted by Crippen LogP contribution is 2.20. The molecular formula is C16H20BrCl2FN4O. The Kier molecular flexibility index (Phi) is 9.42. The highest BCUT2D eigenvalue weighted by molar-refractivity contribution is 9.10. The van der Waals surface area contributed by atoms with Gasteiger partial charge in [-0.05, 0) is 31.2 Å². The fraction of sp³-hybridized carbons (Fsp3) is 0.375. The molecule has 9 heteroatoms. The van der Waals surface area contributed by atoms with Gasteiger partial charge in [0.2, 0.25) is 5.88 Å². The second kappa shape index (κ2) is 10.8. The first kappa shape index (κ1) is 21.9. The molecule has 3 rings (SSSR count). The number of rotatable bonds is 4. The maximum absolute atomic E-state index is 13.3. The molecule has 25 heavy (non-hydrogen) atoms. The lowest BCUT2D eigenvalue weighted by molar-refractivity contribution is 0.291. The van der Waals surface area contributed by atoms with E-state index in [4.69, 9.17) is 4.74 Å². The standard InChI is InChI=1S/C16H18BrFN4O.2ClH/c17-14-3-2-13(18)8-12(14)11-23-16-10-20-9-15(21-16)22-6-1-4-19-5-7-22;;/h2-3,8-10,19H,1,4-7,11H2;2*1H. The van der Waals surface area contributed by atoms with Crippen LogP contribution in [0.5, 0.6) is 5.88 Å². The molecule has 0 saturated carbocycles. The second-order valence-electron chi connectivity index (χ2n) is 5.33. The van der Waals surface area contributed by atoms with Crippen molar-refractivity contribution >= 4 is 46.6 Å². The van der Waals surface area contributed by atoms with Crippen molar-refractivity contribution < 1.29 is 9.13 Å². The fourth-order valence-corrected chi connectivity index (χ4v) is 2.80. The molecule has 138 valence electrons. The lowest BCUT2D eigenvalue weighted by Gasteiger charge is -2.20. The van der Waals surface area contributed by atoms with E-state index in [1.807, 2.05) is 0 Å². The summed E-state index contributed by atoms with van der Waals surface area (Å²) in [7, 11) is 0. The molecule has 1 aliphatic heterocycles. The van der Waals surface area contributed by atoms with Gasteiger partial charge in [-0.1, -0.05) is 15.9 Å². The fourth-order valence-electron chi connectivity index (χ4n) is 2.44. The van der Waals surface area contributed by atoms with E-state index in [0.717, 1.165) is 48.5 Å². The van der Waals surface area contributed by atoms with Crippen molar-refractivity contribution in [1.29, 1.82) is 0 Å². The Hall–Kier alpha value is -1.15. The number of ether oxygens (including phenoxy) is 1.